The van der Waals surface area contributed by atoms with Crippen LogP contribution in [0.1, 0.15) is 31.7 Å². The van der Waals surface area contributed by atoms with E-state index >= 15 is 0 Å². The Morgan fingerprint density at radius 1 is 1.43 bits per heavy atom. The minimum Gasteiger partial charge on any atom is -0.271 e. The Labute approximate surface area is 98.0 Å². The fourth-order valence-corrected chi connectivity index (χ4v) is 3.17. The van der Waals surface area contributed by atoms with Gasteiger partial charge < -0.3 is 0 Å². The van der Waals surface area contributed by atoms with Crippen molar-refractivity contribution in [1.29, 1.82) is 0 Å². The largest absolute Gasteiger partial charge is 0.271 e. The van der Waals surface area contributed by atoms with Gasteiger partial charge >= 0.3 is 0 Å². The van der Waals surface area contributed by atoms with Gasteiger partial charge in [-0.25, -0.2) is 0 Å². The molecule has 14 heavy (non-hydrogen) atoms. The van der Waals surface area contributed by atoms with Crippen LogP contribution in [0.4, 0.5) is 0 Å². The molecule has 0 amide bonds. The molecule has 1 aromatic rings. The summed E-state index contributed by atoms with van der Waals surface area (Å²) in [7, 11) is 0. The van der Waals surface area contributed by atoms with E-state index in [2.05, 4.69) is 53.6 Å². The first-order chi connectivity index (χ1) is 6.57. The van der Waals surface area contributed by atoms with Gasteiger partial charge in [-0.3, -0.25) is 11.3 Å². The van der Waals surface area contributed by atoms with E-state index in [1.807, 2.05) is 0 Å². The summed E-state index contributed by atoms with van der Waals surface area (Å²) in [6, 6.07) is 2.31. The van der Waals surface area contributed by atoms with Gasteiger partial charge in [-0.05, 0) is 39.2 Å². The molecule has 0 aromatic carbocycles. The van der Waals surface area contributed by atoms with E-state index in [1.165, 1.54) is 4.88 Å². The third-order valence-electron chi connectivity index (χ3n) is 2.68. The molecule has 0 bridgehead atoms. The molecule has 0 aliphatic heterocycles. The average molecular weight is 277 g/mol. The zero-order valence-electron chi connectivity index (χ0n) is 8.75. The SMILES string of the molecule is CC(C)C(C)C(NN)c1sccc1Br. The van der Waals surface area contributed by atoms with E-state index in [4.69, 9.17) is 5.84 Å². The molecule has 0 aliphatic carbocycles. The van der Waals surface area contributed by atoms with Gasteiger partial charge in [0.2, 0.25) is 0 Å². The lowest BCUT2D eigenvalue weighted by Gasteiger charge is -2.25. The van der Waals surface area contributed by atoms with Crippen LogP contribution in [0.15, 0.2) is 15.9 Å². The van der Waals surface area contributed by atoms with Crippen LogP contribution in [0.5, 0.6) is 0 Å². The van der Waals surface area contributed by atoms with Crippen LogP contribution in [-0.4, -0.2) is 0 Å². The highest BCUT2D eigenvalue weighted by Crippen LogP contribution is 2.35. The maximum atomic E-state index is 5.61. The molecular weight excluding hydrogens is 260 g/mol. The van der Waals surface area contributed by atoms with Crippen molar-refractivity contribution in [2.45, 2.75) is 26.8 Å². The van der Waals surface area contributed by atoms with Crippen LogP contribution in [-0.2, 0) is 0 Å². The zero-order chi connectivity index (χ0) is 10.7. The van der Waals surface area contributed by atoms with Gasteiger partial charge in [-0.1, -0.05) is 20.8 Å². The van der Waals surface area contributed by atoms with E-state index < -0.39 is 0 Å². The van der Waals surface area contributed by atoms with Crippen molar-refractivity contribution in [2.24, 2.45) is 17.7 Å². The predicted molar refractivity (Wildman–Crippen MR) is 66.1 cm³/mol. The van der Waals surface area contributed by atoms with Gasteiger partial charge in [0.25, 0.3) is 0 Å². The molecule has 3 N–H and O–H groups in total. The molecule has 1 heterocycles. The Morgan fingerprint density at radius 3 is 2.43 bits per heavy atom. The van der Waals surface area contributed by atoms with E-state index in [0.717, 1.165) is 4.47 Å². The summed E-state index contributed by atoms with van der Waals surface area (Å²) >= 11 is 5.28. The summed E-state index contributed by atoms with van der Waals surface area (Å²) in [5.41, 5.74) is 2.91. The topological polar surface area (TPSA) is 38.0 Å². The Bertz CT molecular complexity index is 285. The van der Waals surface area contributed by atoms with Crippen LogP contribution in [0.3, 0.4) is 0 Å². The highest BCUT2D eigenvalue weighted by atomic mass is 79.9. The fourth-order valence-electron chi connectivity index (χ4n) is 1.38. The van der Waals surface area contributed by atoms with Crippen LogP contribution in [0, 0.1) is 11.8 Å². The van der Waals surface area contributed by atoms with Crippen molar-refractivity contribution >= 4 is 27.3 Å². The van der Waals surface area contributed by atoms with Crippen molar-refractivity contribution in [1.82, 2.24) is 5.43 Å². The minimum atomic E-state index is 0.240. The van der Waals surface area contributed by atoms with Gasteiger partial charge in [0.15, 0.2) is 0 Å². The molecule has 0 spiro atoms. The van der Waals surface area contributed by atoms with Crippen LogP contribution < -0.4 is 11.3 Å². The highest BCUT2D eigenvalue weighted by molar-refractivity contribution is 9.10. The molecule has 0 fully saturated rings. The quantitative estimate of drug-likeness (QED) is 0.654. The van der Waals surface area contributed by atoms with E-state index in [1.54, 1.807) is 11.3 Å². The maximum Gasteiger partial charge on any atom is 0.0592 e. The predicted octanol–water partition coefficient (Wildman–Crippen LogP) is 3.31. The Balaban J connectivity index is 2.87. The molecule has 2 nitrogen and oxygen atoms in total. The van der Waals surface area contributed by atoms with Gasteiger partial charge in [-0.2, -0.15) is 0 Å². The summed E-state index contributed by atoms with van der Waals surface area (Å²) in [6.07, 6.45) is 0. The first-order valence-electron chi connectivity index (χ1n) is 4.77. The molecule has 1 rings (SSSR count). The summed E-state index contributed by atoms with van der Waals surface area (Å²) in [6.45, 7) is 6.66. The lowest BCUT2D eigenvalue weighted by atomic mass is 9.90. The molecule has 0 saturated carbocycles. The van der Waals surface area contributed by atoms with Gasteiger partial charge in [0.05, 0.1) is 6.04 Å². The van der Waals surface area contributed by atoms with Crippen molar-refractivity contribution in [3.05, 3.63) is 20.8 Å². The van der Waals surface area contributed by atoms with Gasteiger partial charge in [-0.15, -0.1) is 11.3 Å². The summed E-state index contributed by atoms with van der Waals surface area (Å²) in [4.78, 5) is 1.29. The number of hydrogen-bond acceptors (Lipinski definition) is 3. The van der Waals surface area contributed by atoms with Gasteiger partial charge in [0, 0.05) is 9.35 Å². The lowest BCUT2D eigenvalue weighted by molar-refractivity contribution is 0.309. The number of hydrogen-bond donors (Lipinski definition) is 2. The number of hydrazine groups is 1. The monoisotopic (exact) mass is 276 g/mol. The standard InChI is InChI=1S/C10H17BrN2S/c1-6(2)7(3)9(13-12)10-8(11)4-5-14-10/h4-7,9,13H,12H2,1-3H3. The smallest absolute Gasteiger partial charge is 0.0592 e. The molecule has 2 atom stereocenters. The number of rotatable bonds is 4. The number of halogens is 1. The first-order valence-corrected chi connectivity index (χ1v) is 6.44. The fraction of sp³-hybridized carbons (Fsp3) is 0.600. The van der Waals surface area contributed by atoms with Gasteiger partial charge in [0.1, 0.15) is 0 Å². The second kappa shape index (κ2) is 5.26. The van der Waals surface area contributed by atoms with E-state index in [-0.39, 0.29) is 6.04 Å². The van der Waals surface area contributed by atoms with E-state index in [9.17, 15) is 0 Å². The van der Waals surface area contributed by atoms with Crippen molar-refractivity contribution in [3.8, 4) is 0 Å². The Morgan fingerprint density at radius 2 is 2.07 bits per heavy atom. The second-order valence-corrected chi connectivity index (χ2v) is 5.68. The molecule has 2 unspecified atom stereocenters. The first kappa shape index (κ1) is 12.2. The normalized spacial score (nSPS) is 15.9. The van der Waals surface area contributed by atoms with Crippen LogP contribution in [0.2, 0.25) is 0 Å². The third-order valence-corrected chi connectivity index (χ3v) is 4.64. The Hall–Kier alpha value is 0.100. The number of nitrogens with two attached hydrogens (primary N) is 1. The van der Waals surface area contributed by atoms with Crippen LogP contribution in [0.25, 0.3) is 0 Å². The van der Waals surface area contributed by atoms with Crippen LogP contribution >= 0.6 is 27.3 Å². The van der Waals surface area contributed by atoms with E-state index in [0.29, 0.717) is 11.8 Å². The molecule has 0 radical (unpaired) electrons. The number of nitrogens with one attached hydrogen (secondary N) is 1. The third kappa shape index (κ3) is 2.57. The minimum absolute atomic E-state index is 0.240. The summed E-state index contributed by atoms with van der Waals surface area (Å²) < 4.78 is 1.15. The second-order valence-electron chi connectivity index (χ2n) is 3.88. The molecule has 4 heteroatoms. The molecular formula is C10H17BrN2S. The van der Waals surface area contributed by atoms with Crippen molar-refractivity contribution in [2.75, 3.05) is 0 Å². The number of thiophene rings is 1. The lowest BCUT2D eigenvalue weighted by Crippen LogP contribution is -2.34. The summed E-state index contributed by atoms with van der Waals surface area (Å²) in [5.74, 6) is 6.75. The van der Waals surface area contributed by atoms with Crippen molar-refractivity contribution < 1.29 is 0 Å². The zero-order valence-corrected chi connectivity index (χ0v) is 11.2. The maximum absolute atomic E-state index is 5.61. The molecule has 0 saturated heterocycles. The molecule has 80 valence electrons. The Kier molecular flexibility index (Phi) is 4.57. The average Bonchev–Trinajstić information content (AvgIpc) is 2.53. The van der Waals surface area contributed by atoms with Crippen molar-refractivity contribution in [3.63, 3.8) is 0 Å². The molecule has 1 aromatic heterocycles. The highest BCUT2D eigenvalue weighted by Gasteiger charge is 2.23. The molecule has 0 aliphatic rings. The summed E-state index contributed by atoms with van der Waals surface area (Å²) in [5, 5.41) is 2.08.